The summed E-state index contributed by atoms with van der Waals surface area (Å²) in [6, 6.07) is 17.2. The lowest BCUT2D eigenvalue weighted by atomic mass is 10.1. The molecule has 5 rings (SSSR count). The van der Waals surface area contributed by atoms with Gasteiger partial charge in [-0.25, -0.2) is 4.98 Å². The number of ether oxygens (including phenoxy) is 1. The fourth-order valence-corrected chi connectivity index (χ4v) is 4.87. The van der Waals surface area contributed by atoms with E-state index in [-0.39, 0.29) is 18.2 Å². The van der Waals surface area contributed by atoms with Crippen LogP contribution in [0.2, 0.25) is 0 Å². The Balaban J connectivity index is 1.32. The maximum atomic E-state index is 13.1. The molecule has 0 radical (unpaired) electrons. The number of hydrogen-bond donors (Lipinski definition) is 1. The van der Waals surface area contributed by atoms with Gasteiger partial charge in [-0.1, -0.05) is 29.8 Å². The first-order valence-electron chi connectivity index (χ1n) is 11.3. The summed E-state index contributed by atoms with van der Waals surface area (Å²) in [5.74, 6) is 0.486. The van der Waals surface area contributed by atoms with Gasteiger partial charge in [-0.05, 0) is 38.1 Å². The van der Waals surface area contributed by atoms with Crippen LogP contribution < -0.4 is 15.0 Å². The van der Waals surface area contributed by atoms with Crippen molar-refractivity contribution in [3.05, 3.63) is 71.2 Å². The molecule has 1 aliphatic heterocycles. The standard InChI is InChI=1S/C26H25N5O3S/c1-16-4-6-18(7-5-16)22-15-35-26(27-22)31-23(12-17(2)29-31)28-25(33)19-13-24(32)30(14-19)20-8-10-21(34-3)11-9-20/h4-12,15,19H,13-14H2,1-3H3,(H,28,33). The van der Waals surface area contributed by atoms with Crippen LogP contribution in [0.5, 0.6) is 5.75 Å². The number of aromatic nitrogens is 3. The molecule has 0 saturated carbocycles. The first-order chi connectivity index (χ1) is 16.9. The highest BCUT2D eigenvalue weighted by atomic mass is 32.1. The van der Waals surface area contributed by atoms with Gasteiger partial charge in [0.15, 0.2) is 0 Å². The van der Waals surface area contributed by atoms with E-state index in [4.69, 9.17) is 9.72 Å². The van der Waals surface area contributed by atoms with E-state index in [0.717, 1.165) is 22.6 Å². The Morgan fingerprint density at radius 3 is 2.57 bits per heavy atom. The van der Waals surface area contributed by atoms with Gasteiger partial charge in [0.2, 0.25) is 16.9 Å². The van der Waals surface area contributed by atoms with Gasteiger partial charge < -0.3 is 15.0 Å². The van der Waals surface area contributed by atoms with Crippen LogP contribution in [0.25, 0.3) is 16.4 Å². The molecule has 1 unspecified atom stereocenters. The van der Waals surface area contributed by atoms with Gasteiger partial charge in [0.25, 0.3) is 0 Å². The molecule has 1 atom stereocenters. The number of hydrogen-bond acceptors (Lipinski definition) is 6. The first kappa shape index (κ1) is 22.8. The number of carbonyl (C=O) groups excluding carboxylic acids is 2. The Hall–Kier alpha value is -3.98. The lowest BCUT2D eigenvalue weighted by Crippen LogP contribution is -2.28. The number of aryl methyl sites for hydroxylation is 2. The molecule has 8 nitrogen and oxygen atoms in total. The average molecular weight is 488 g/mol. The molecular formula is C26H25N5O3S. The van der Waals surface area contributed by atoms with E-state index < -0.39 is 5.92 Å². The highest BCUT2D eigenvalue weighted by Crippen LogP contribution is 2.29. The summed E-state index contributed by atoms with van der Waals surface area (Å²) < 4.78 is 6.83. The topological polar surface area (TPSA) is 89.3 Å². The summed E-state index contributed by atoms with van der Waals surface area (Å²) in [4.78, 5) is 32.1. The third-order valence-electron chi connectivity index (χ3n) is 5.98. The number of nitrogens with zero attached hydrogens (tertiary/aromatic N) is 4. The molecule has 1 N–H and O–H groups in total. The van der Waals surface area contributed by atoms with Crippen LogP contribution >= 0.6 is 11.3 Å². The highest BCUT2D eigenvalue weighted by molar-refractivity contribution is 7.12. The third kappa shape index (κ3) is 4.67. The van der Waals surface area contributed by atoms with Crippen LogP contribution in [-0.4, -0.2) is 40.2 Å². The van der Waals surface area contributed by atoms with E-state index in [9.17, 15) is 9.59 Å². The smallest absolute Gasteiger partial charge is 0.230 e. The number of methoxy groups -OCH3 is 1. The minimum absolute atomic E-state index is 0.0809. The van der Waals surface area contributed by atoms with E-state index in [2.05, 4.69) is 22.5 Å². The number of amides is 2. The molecule has 9 heteroatoms. The van der Waals surface area contributed by atoms with Crippen molar-refractivity contribution in [2.24, 2.45) is 5.92 Å². The van der Waals surface area contributed by atoms with Gasteiger partial charge in [-0.3, -0.25) is 9.59 Å². The molecule has 0 aliphatic carbocycles. The van der Waals surface area contributed by atoms with Crippen LogP contribution in [0.4, 0.5) is 11.5 Å². The zero-order valence-electron chi connectivity index (χ0n) is 19.7. The van der Waals surface area contributed by atoms with Gasteiger partial charge in [-0.15, -0.1) is 11.3 Å². The van der Waals surface area contributed by atoms with Crippen molar-refractivity contribution in [1.29, 1.82) is 0 Å². The number of anilines is 2. The molecule has 4 aromatic rings. The van der Waals surface area contributed by atoms with Crippen molar-refractivity contribution in [2.45, 2.75) is 20.3 Å². The molecule has 3 heterocycles. The Bertz CT molecular complexity index is 1380. The van der Waals surface area contributed by atoms with Crippen molar-refractivity contribution in [2.75, 3.05) is 23.9 Å². The minimum Gasteiger partial charge on any atom is -0.497 e. The first-order valence-corrected chi connectivity index (χ1v) is 12.1. The third-order valence-corrected chi connectivity index (χ3v) is 6.80. The largest absolute Gasteiger partial charge is 0.497 e. The second-order valence-corrected chi connectivity index (χ2v) is 9.39. The second kappa shape index (κ2) is 9.34. The second-order valence-electron chi connectivity index (χ2n) is 8.56. The summed E-state index contributed by atoms with van der Waals surface area (Å²) >= 11 is 1.46. The predicted molar refractivity (Wildman–Crippen MR) is 136 cm³/mol. The van der Waals surface area contributed by atoms with Gasteiger partial charge in [-0.2, -0.15) is 9.78 Å². The van der Waals surface area contributed by atoms with E-state index in [1.54, 1.807) is 28.8 Å². The summed E-state index contributed by atoms with van der Waals surface area (Å²) in [5, 5.41) is 10.1. The van der Waals surface area contributed by atoms with Crippen LogP contribution in [0.1, 0.15) is 17.7 Å². The maximum Gasteiger partial charge on any atom is 0.230 e. The number of carbonyl (C=O) groups is 2. The summed E-state index contributed by atoms with van der Waals surface area (Å²) in [6.07, 6.45) is 0.153. The zero-order valence-corrected chi connectivity index (χ0v) is 20.5. The fourth-order valence-electron chi connectivity index (χ4n) is 4.08. The quantitative estimate of drug-likeness (QED) is 0.429. The van der Waals surface area contributed by atoms with Crippen molar-refractivity contribution in [1.82, 2.24) is 14.8 Å². The van der Waals surface area contributed by atoms with Crippen molar-refractivity contribution in [3.8, 4) is 22.1 Å². The fraction of sp³-hybridized carbons (Fsp3) is 0.231. The molecule has 0 bridgehead atoms. The summed E-state index contributed by atoms with van der Waals surface area (Å²) in [6.45, 7) is 4.23. The normalized spacial score (nSPS) is 15.5. The molecule has 2 aromatic heterocycles. The number of rotatable bonds is 6. The molecule has 1 fully saturated rings. The lowest BCUT2D eigenvalue weighted by Gasteiger charge is -2.17. The molecule has 178 valence electrons. The van der Waals surface area contributed by atoms with Gasteiger partial charge in [0.05, 0.1) is 24.4 Å². The van der Waals surface area contributed by atoms with Crippen molar-refractivity contribution in [3.63, 3.8) is 0 Å². The lowest BCUT2D eigenvalue weighted by molar-refractivity contribution is -0.122. The van der Waals surface area contributed by atoms with Crippen LogP contribution in [0, 0.1) is 19.8 Å². The van der Waals surface area contributed by atoms with E-state index in [0.29, 0.717) is 23.2 Å². The van der Waals surface area contributed by atoms with E-state index in [1.807, 2.05) is 49.6 Å². The number of benzene rings is 2. The SMILES string of the molecule is COc1ccc(N2CC(C(=O)Nc3cc(C)nn3-c3nc(-c4ccc(C)cc4)cs3)CC2=O)cc1. The zero-order chi connectivity index (χ0) is 24.5. The number of nitrogens with one attached hydrogen (secondary N) is 1. The van der Waals surface area contributed by atoms with E-state index in [1.165, 1.54) is 16.9 Å². The summed E-state index contributed by atoms with van der Waals surface area (Å²) in [7, 11) is 1.60. The van der Waals surface area contributed by atoms with Gasteiger partial charge >= 0.3 is 0 Å². The molecule has 2 aromatic carbocycles. The molecular weight excluding hydrogens is 462 g/mol. The minimum atomic E-state index is -0.465. The molecule has 35 heavy (non-hydrogen) atoms. The van der Waals surface area contributed by atoms with Gasteiger partial charge in [0.1, 0.15) is 11.6 Å². The van der Waals surface area contributed by atoms with Crippen LogP contribution in [-0.2, 0) is 9.59 Å². The van der Waals surface area contributed by atoms with Crippen LogP contribution in [0.3, 0.4) is 0 Å². The predicted octanol–water partition coefficient (Wildman–Crippen LogP) is 4.61. The highest BCUT2D eigenvalue weighted by Gasteiger charge is 2.35. The average Bonchev–Trinajstić information content (AvgIpc) is 3.58. The monoisotopic (exact) mass is 487 g/mol. The van der Waals surface area contributed by atoms with Crippen LogP contribution in [0.15, 0.2) is 60.0 Å². The summed E-state index contributed by atoms with van der Waals surface area (Å²) in [5.41, 5.74) is 4.57. The van der Waals surface area contributed by atoms with Gasteiger partial charge in [0, 0.05) is 35.7 Å². The Morgan fingerprint density at radius 2 is 1.86 bits per heavy atom. The van der Waals surface area contributed by atoms with Crippen molar-refractivity contribution >= 4 is 34.7 Å². The molecule has 1 saturated heterocycles. The van der Waals surface area contributed by atoms with Crippen molar-refractivity contribution < 1.29 is 14.3 Å². The molecule has 2 amide bonds. The molecule has 1 aliphatic rings. The maximum absolute atomic E-state index is 13.1. The Morgan fingerprint density at radius 1 is 1.11 bits per heavy atom. The number of thiazole rings is 1. The van der Waals surface area contributed by atoms with E-state index >= 15 is 0 Å². The Kier molecular flexibility index (Phi) is 6.08. The Labute approximate surface area is 207 Å². The molecule has 0 spiro atoms.